The minimum Gasteiger partial charge on any atom is -0.374 e. The third-order valence-corrected chi connectivity index (χ3v) is 11.2. The highest BCUT2D eigenvalue weighted by Gasteiger charge is 2.44. The van der Waals surface area contributed by atoms with Gasteiger partial charge in [0.25, 0.3) is 11.0 Å². The lowest BCUT2D eigenvalue weighted by molar-refractivity contribution is 0.0831. The van der Waals surface area contributed by atoms with Gasteiger partial charge in [-0.2, -0.15) is 0 Å². The number of carbonyl (C=O) groups is 2. The lowest BCUT2D eigenvalue weighted by atomic mass is 10.0. The van der Waals surface area contributed by atoms with Crippen LogP contribution in [0.5, 0.6) is 0 Å². The first kappa shape index (κ1) is 32.6. The molecule has 1 heterocycles. The van der Waals surface area contributed by atoms with Crippen LogP contribution >= 0.6 is 18.7 Å². The molecule has 45 heavy (non-hydrogen) atoms. The maximum absolute atomic E-state index is 14.5. The van der Waals surface area contributed by atoms with E-state index in [1.807, 2.05) is 81.4 Å². The maximum atomic E-state index is 14.5. The summed E-state index contributed by atoms with van der Waals surface area (Å²) in [6.45, 7) is 12.9. The van der Waals surface area contributed by atoms with Crippen LogP contribution in [0, 0.1) is 48.5 Å². The normalized spacial score (nSPS) is 11.8. The van der Waals surface area contributed by atoms with Crippen molar-refractivity contribution in [3.05, 3.63) is 127 Å². The third-order valence-electron chi connectivity index (χ3n) is 7.98. The Hall–Kier alpha value is -3.74. The first-order valence-corrected chi connectivity index (χ1v) is 17.3. The van der Waals surface area contributed by atoms with E-state index in [-0.39, 0.29) is 36.4 Å². The van der Waals surface area contributed by atoms with Gasteiger partial charge in [0, 0.05) is 31.3 Å². The summed E-state index contributed by atoms with van der Waals surface area (Å²) in [5.41, 5.74) is 5.31. The second-order valence-corrected chi connectivity index (χ2v) is 15.1. The summed E-state index contributed by atoms with van der Waals surface area (Å²) in [4.78, 5) is 41.1. The van der Waals surface area contributed by atoms with Crippen molar-refractivity contribution in [2.24, 2.45) is 0 Å². The van der Waals surface area contributed by atoms with Crippen molar-refractivity contribution in [2.75, 3.05) is 13.2 Å². The Morgan fingerprint density at radius 3 is 1.76 bits per heavy atom. The molecule has 0 fully saturated rings. The number of hydrogen-bond donors (Lipinski definition) is 0. The fraction of sp³-hybridized carbons (Fsp3) is 0.270. The lowest BCUT2D eigenvalue weighted by Crippen LogP contribution is -2.18. The fourth-order valence-corrected chi connectivity index (χ4v) is 9.22. The Kier molecular flexibility index (Phi) is 9.39. The lowest BCUT2D eigenvalue weighted by Gasteiger charge is -2.21. The summed E-state index contributed by atoms with van der Waals surface area (Å²) in [6, 6.07) is 18.8. The van der Waals surface area contributed by atoms with Gasteiger partial charge in [-0.25, -0.2) is 0 Å². The molecule has 5 aromatic rings. The minimum atomic E-state index is -4.55. The van der Waals surface area contributed by atoms with Crippen molar-refractivity contribution in [3.8, 4) is 0 Å². The molecule has 0 aliphatic carbocycles. The van der Waals surface area contributed by atoms with E-state index < -0.39 is 18.4 Å². The molecule has 0 atom stereocenters. The Labute approximate surface area is 267 Å². The monoisotopic (exact) mass is 640 g/mol. The maximum Gasteiger partial charge on any atom is 0.340 e. The van der Waals surface area contributed by atoms with Crippen LogP contribution in [0.1, 0.15) is 65.2 Å². The number of aryl methyl sites for hydroxylation is 7. The van der Waals surface area contributed by atoms with Crippen LogP contribution in [0.4, 0.5) is 0 Å². The van der Waals surface area contributed by atoms with Crippen molar-refractivity contribution in [3.63, 3.8) is 0 Å². The van der Waals surface area contributed by atoms with Gasteiger partial charge in [-0.1, -0.05) is 53.1 Å². The predicted octanol–water partition coefficient (Wildman–Crippen LogP) is 9.07. The summed E-state index contributed by atoms with van der Waals surface area (Å²) in [6.07, 6.45) is 0. The van der Waals surface area contributed by atoms with E-state index in [4.69, 9.17) is 9.26 Å². The standard InChI is InChI=1S/C37H37O6PS/c1-21-8-11-31-30(18-21)35(38)29-10-9-28(19-32(29)45-31)20-42-12-13-43-44(41,36(39)33-24(4)14-22(2)15-25(33)5)37(40)34-26(6)16-23(3)17-27(34)7/h8-11,14-19H,12-13,20H2,1-7H3. The van der Waals surface area contributed by atoms with E-state index in [2.05, 4.69) is 0 Å². The molecular weight excluding hydrogens is 603 g/mol. The van der Waals surface area contributed by atoms with Gasteiger partial charge in [0.05, 0.1) is 19.8 Å². The first-order chi connectivity index (χ1) is 21.3. The van der Waals surface area contributed by atoms with Crippen LogP contribution in [0.2, 0.25) is 0 Å². The second-order valence-electron chi connectivity index (χ2n) is 11.9. The third kappa shape index (κ3) is 6.49. The molecule has 0 unspecified atom stereocenters. The second kappa shape index (κ2) is 12.9. The molecule has 0 saturated heterocycles. The highest BCUT2D eigenvalue weighted by atomic mass is 32.1. The van der Waals surface area contributed by atoms with Crippen LogP contribution in [0.3, 0.4) is 0 Å². The molecule has 1 aromatic heterocycles. The smallest absolute Gasteiger partial charge is 0.340 e. The highest BCUT2D eigenvalue weighted by molar-refractivity contribution is 7.91. The van der Waals surface area contributed by atoms with Crippen molar-refractivity contribution in [2.45, 2.75) is 55.1 Å². The van der Waals surface area contributed by atoms with E-state index in [1.54, 1.807) is 39.0 Å². The Balaban J connectivity index is 1.37. The minimum absolute atomic E-state index is 0.00602. The molecule has 4 aromatic carbocycles. The van der Waals surface area contributed by atoms with Gasteiger partial charge in [0.15, 0.2) is 5.43 Å². The molecule has 0 aliphatic rings. The summed E-state index contributed by atoms with van der Waals surface area (Å²) in [5, 5.41) is 1.38. The first-order valence-electron chi connectivity index (χ1n) is 14.8. The molecule has 0 radical (unpaired) electrons. The van der Waals surface area contributed by atoms with E-state index in [0.29, 0.717) is 33.0 Å². The molecule has 0 N–H and O–H groups in total. The highest BCUT2D eigenvalue weighted by Crippen LogP contribution is 2.54. The van der Waals surface area contributed by atoms with Gasteiger partial charge < -0.3 is 9.26 Å². The van der Waals surface area contributed by atoms with Gasteiger partial charge in [0.2, 0.25) is 0 Å². The number of carbonyl (C=O) groups excluding carboxylic acids is 2. The zero-order valence-corrected chi connectivity index (χ0v) is 28.4. The molecule has 0 amide bonds. The quantitative estimate of drug-likeness (QED) is 0.0860. The number of rotatable bonds is 10. The Bertz CT molecular complexity index is 1990. The van der Waals surface area contributed by atoms with Crippen molar-refractivity contribution in [1.82, 2.24) is 0 Å². The Morgan fingerprint density at radius 2 is 1.20 bits per heavy atom. The molecule has 0 saturated carbocycles. The average molecular weight is 641 g/mol. The summed E-state index contributed by atoms with van der Waals surface area (Å²) >= 11 is 1.55. The van der Waals surface area contributed by atoms with Crippen molar-refractivity contribution >= 4 is 49.9 Å². The zero-order valence-electron chi connectivity index (χ0n) is 26.7. The topological polar surface area (TPSA) is 86.7 Å². The zero-order chi connectivity index (χ0) is 32.6. The predicted molar refractivity (Wildman–Crippen MR) is 184 cm³/mol. The van der Waals surface area contributed by atoms with Crippen molar-refractivity contribution < 1.29 is 23.4 Å². The number of hydrogen-bond acceptors (Lipinski definition) is 7. The van der Waals surface area contributed by atoms with Gasteiger partial charge in [-0.3, -0.25) is 18.9 Å². The number of fused-ring (bicyclic) bond motifs is 2. The largest absolute Gasteiger partial charge is 0.374 e. The summed E-state index contributed by atoms with van der Waals surface area (Å²) in [7, 11) is -4.55. The summed E-state index contributed by atoms with van der Waals surface area (Å²) in [5.74, 6) is 0. The average Bonchev–Trinajstić information content (AvgIpc) is 2.96. The van der Waals surface area contributed by atoms with Gasteiger partial charge >= 0.3 is 7.37 Å². The van der Waals surface area contributed by atoms with E-state index in [0.717, 1.165) is 31.7 Å². The fourth-order valence-electron chi connectivity index (χ4n) is 6.06. The van der Waals surface area contributed by atoms with Crippen LogP contribution in [0.15, 0.2) is 65.5 Å². The Morgan fingerprint density at radius 1 is 0.644 bits per heavy atom. The van der Waals surface area contributed by atoms with E-state index >= 15 is 0 Å². The van der Waals surface area contributed by atoms with Crippen LogP contribution in [-0.4, -0.2) is 24.3 Å². The molecule has 0 bridgehead atoms. The number of ether oxygens (including phenoxy) is 1. The van der Waals surface area contributed by atoms with Crippen LogP contribution in [-0.2, 0) is 20.4 Å². The number of benzene rings is 4. The molecule has 5 rings (SSSR count). The van der Waals surface area contributed by atoms with Crippen molar-refractivity contribution in [1.29, 1.82) is 0 Å². The molecule has 8 heteroatoms. The molecule has 6 nitrogen and oxygen atoms in total. The molecule has 0 aliphatic heterocycles. The molecular formula is C37H37O6PS. The van der Waals surface area contributed by atoms with Gasteiger partial charge in [0.1, 0.15) is 0 Å². The van der Waals surface area contributed by atoms with E-state index in [1.165, 1.54) is 0 Å². The van der Waals surface area contributed by atoms with Crippen LogP contribution in [0.25, 0.3) is 20.2 Å². The van der Waals surface area contributed by atoms with Crippen LogP contribution < -0.4 is 5.43 Å². The SMILES string of the molecule is Cc1cc(C)c(C(=O)P(=O)(OCCOCc2ccc3c(=O)c4cc(C)ccc4sc3c2)C(=O)c2c(C)cc(C)cc2C)c(C)c1. The van der Waals surface area contributed by atoms with E-state index in [9.17, 15) is 18.9 Å². The van der Waals surface area contributed by atoms with Gasteiger partial charge in [-0.05, 0) is 101 Å². The molecule has 0 spiro atoms. The molecule has 232 valence electrons. The van der Waals surface area contributed by atoms with Gasteiger partial charge in [-0.15, -0.1) is 11.3 Å². The summed E-state index contributed by atoms with van der Waals surface area (Å²) < 4.78 is 28.0.